The number of carbonyl (C=O) groups excluding carboxylic acids is 3. The Morgan fingerprint density at radius 2 is 1.78 bits per heavy atom. The highest BCUT2D eigenvalue weighted by atomic mass is 35.5. The van der Waals surface area contributed by atoms with Crippen molar-refractivity contribution >= 4 is 46.4 Å². The summed E-state index contributed by atoms with van der Waals surface area (Å²) in [5, 5.41) is 20.1. The van der Waals surface area contributed by atoms with Crippen molar-refractivity contribution in [3.05, 3.63) is 93.3 Å². The predicted octanol–water partition coefficient (Wildman–Crippen LogP) is 7.61. The molecule has 3 aliphatic rings. The van der Waals surface area contributed by atoms with Gasteiger partial charge in [-0.2, -0.15) is 5.26 Å². The summed E-state index contributed by atoms with van der Waals surface area (Å²) < 4.78 is 5.49. The van der Waals surface area contributed by atoms with Gasteiger partial charge in [-0.05, 0) is 118 Å². The summed E-state index contributed by atoms with van der Waals surface area (Å²) in [6, 6.07) is 19.5. The largest absolute Gasteiger partial charge is 0.385 e. The highest BCUT2D eigenvalue weighted by Gasteiger charge is 2.39. The van der Waals surface area contributed by atoms with Gasteiger partial charge < -0.3 is 19.6 Å². The Kier molecular flexibility index (Phi) is 9.58. The van der Waals surface area contributed by atoms with Crippen molar-refractivity contribution in [1.29, 1.82) is 5.26 Å². The molecule has 2 fully saturated rings. The van der Waals surface area contributed by atoms with Crippen LogP contribution in [0.15, 0.2) is 59.1 Å². The lowest BCUT2D eigenvalue weighted by atomic mass is 9.81. The molecule has 1 saturated heterocycles. The second kappa shape index (κ2) is 14.2. The van der Waals surface area contributed by atoms with E-state index in [2.05, 4.69) is 51.9 Å². The van der Waals surface area contributed by atoms with Crippen molar-refractivity contribution < 1.29 is 18.9 Å². The van der Waals surface area contributed by atoms with Crippen LogP contribution in [0.3, 0.4) is 0 Å². The number of imide groups is 1. The molecule has 4 aromatic rings. The Balaban J connectivity index is 1.02. The number of aromatic nitrogens is 1. The molecule has 3 amide bonds. The Labute approximate surface area is 302 Å². The fourth-order valence-electron chi connectivity index (χ4n) is 7.86. The minimum absolute atomic E-state index is 0.163. The number of rotatable bonds is 9. The molecular formula is C40H41ClN6O4. The minimum Gasteiger partial charge on any atom is -0.385 e. The monoisotopic (exact) mass is 704 g/mol. The van der Waals surface area contributed by atoms with Gasteiger partial charge in [0.2, 0.25) is 11.8 Å². The number of benzene rings is 3. The predicted molar refractivity (Wildman–Crippen MR) is 196 cm³/mol. The number of nitrogens with zero attached hydrogens (tertiary/aromatic N) is 4. The molecule has 2 N–H and O–H groups in total. The Bertz CT molecular complexity index is 2040. The average Bonchev–Trinajstić information content (AvgIpc) is 3.63. The van der Waals surface area contributed by atoms with Gasteiger partial charge in [-0.25, -0.2) is 0 Å². The molecule has 51 heavy (non-hydrogen) atoms. The molecule has 2 aliphatic heterocycles. The fourth-order valence-corrected chi connectivity index (χ4v) is 8.08. The highest BCUT2D eigenvalue weighted by molar-refractivity contribution is 6.32. The van der Waals surface area contributed by atoms with Crippen LogP contribution in [0.1, 0.15) is 77.0 Å². The number of amides is 3. The van der Waals surface area contributed by atoms with E-state index in [1.807, 2.05) is 44.2 Å². The van der Waals surface area contributed by atoms with Crippen LogP contribution in [-0.2, 0) is 16.1 Å². The Hall–Kier alpha value is -5.14. The van der Waals surface area contributed by atoms with Crippen molar-refractivity contribution in [3.63, 3.8) is 0 Å². The zero-order valence-electron chi connectivity index (χ0n) is 29.1. The third-order valence-electron chi connectivity index (χ3n) is 10.7. The second-order valence-corrected chi connectivity index (χ2v) is 14.5. The smallest absolute Gasteiger partial charge is 0.255 e. The summed E-state index contributed by atoms with van der Waals surface area (Å²) in [7, 11) is 0. The molecule has 0 radical (unpaired) electrons. The van der Waals surface area contributed by atoms with Crippen LogP contribution in [0, 0.1) is 43.9 Å². The van der Waals surface area contributed by atoms with Crippen molar-refractivity contribution in [2.24, 2.45) is 11.8 Å². The molecule has 3 aromatic carbocycles. The Morgan fingerprint density at radius 3 is 2.49 bits per heavy atom. The van der Waals surface area contributed by atoms with E-state index in [1.54, 1.807) is 11.0 Å². The quantitative estimate of drug-likeness (QED) is 0.170. The van der Waals surface area contributed by atoms with Crippen molar-refractivity contribution in [3.8, 4) is 17.2 Å². The summed E-state index contributed by atoms with van der Waals surface area (Å²) in [4.78, 5) is 41.3. The van der Waals surface area contributed by atoms with Gasteiger partial charge >= 0.3 is 0 Å². The first-order valence-corrected chi connectivity index (χ1v) is 18.0. The molecule has 3 heterocycles. The zero-order chi connectivity index (χ0) is 35.8. The maximum atomic E-state index is 13.3. The molecule has 1 unspecified atom stereocenters. The number of nitrogens with one attached hydrogen (secondary N) is 2. The topological polar surface area (TPSA) is 132 Å². The lowest BCUT2D eigenvalue weighted by molar-refractivity contribution is -0.136. The molecule has 10 nitrogen and oxygen atoms in total. The van der Waals surface area contributed by atoms with Gasteiger partial charge in [-0.1, -0.05) is 35.0 Å². The number of hydrogen-bond acceptors (Lipinski definition) is 8. The first-order valence-electron chi connectivity index (χ1n) is 17.6. The molecule has 7 rings (SSSR count). The molecule has 11 heteroatoms. The normalized spacial score (nSPS) is 20.2. The highest BCUT2D eigenvalue weighted by Crippen LogP contribution is 2.39. The van der Waals surface area contributed by atoms with Crippen molar-refractivity contribution in [1.82, 2.24) is 15.4 Å². The van der Waals surface area contributed by atoms with Gasteiger partial charge in [-0.15, -0.1) is 0 Å². The van der Waals surface area contributed by atoms with Crippen LogP contribution in [0.4, 0.5) is 17.1 Å². The maximum Gasteiger partial charge on any atom is 0.255 e. The lowest BCUT2D eigenvalue weighted by Crippen LogP contribution is -2.52. The van der Waals surface area contributed by atoms with E-state index < -0.39 is 11.9 Å². The summed E-state index contributed by atoms with van der Waals surface area (Å²) in [5.41, 5.74) is 8.93. The zero-order valence-corrected chi connectivity index (χ0v) is 29.8. The van der Waals surface area contributed by atoms with E-state index in [9.17, 15) is 19.6 Å². The summed E-state index contributed by atoms with van der Waals surface area (Å²) >= 11 is 6.57. The SMILES string of the molecule is Cc1ccc(-c2c(C)noc2C)cc1N(C[C@H]1CC[C@H](CNc2ccc3c(c2)C(=O)N(C2CCC(=O)NC2=O)C3)CC1)c1ccc(C#N)c(Cl)c1. The number of fused-ring (bicyclic) bond motifs is 1. The van der Waals surface area contributed by atoms with E-state index in [4.69, 9.17) is 16.1 Å². The van der Waals surface area contributed by atoms with E-state index >= 15 is 0 Å². The van der Waals surface area contributed by atoms with E-state index in [0.717, 1.165) is 89.5 Å². The molecule has 1 saturated carbocycles. The van der Waals surface area contributed by atoms with Crippen LogP contribution in [0.25, 0.3) is 11.1 Å². The third-order valence-corrected chi connectivity index (χ3v) is 11.0. The van der Waals surface area contributed by atoms with Crippen LogP contribution in [0.2, 0.25) is 5.02 Å². The number of aryl methyl sites for hydroxylation is 3. The number of nitriles is 1. The van der Waals surface area contributed by atoms with Gasteiger partial charge in [0, 0.05) is 54.2 Å². The Morgan fingerprint density at radius 1 is 1.00 bits per heavy atom. The van der Waals surface area contributed by atoms with E-state index in [1.165, 1.54) is 0 Å². The molecule has 1 aromatic heterocycles. The van der Waals surface area contributed by atoms with Crippen molar-refractivity contribution in [2.45, 2.75) is 71.9 Å². The number of hydrogen-bond donors (Lipinski definition) is 2. The molecular weight excluding hydrogens is 664 g/mol. The number of piperidine rings is 1. The van der Waals surface area contributed by atoms with E-state index in [0.29, 0.717) is 41.0 Å². The van der Waals surface area contributed by atoms with Crippen molar-refractivity contribution in [2.75, 3.05) is 23.3 Å². The molecule has 0 bridgehead atoms. The third kappa shape index (κ3) is 6.95. The average molecular weight is 705 g/mol. The van der Waals surface area contributed by atoms with Gasteiger partial charge in [0.05, 0.1) is 16.3 Å². The number of anilines is 3. The lowest BCUT2D eigenvalue weighted by Gasteiger charge is -2.35. The van der Waals surface area contributed by atoms with E-state index in [-0.39, 0.29) is 18.2 Å². The van der Waals surface area contributed by atoms with Crippen LogP contribution in [0.5, 0.6) is 0 Å². The van der Waals surface area contributed by atoms with Gasteiger partial charge in [0.1, 0.15) is 17.9 Å². The minimum atomic E-state index is -0.617. The number of halogens is 1. The fraction of sp³-hybridized carbons (Fsp3) is 0.375. The second-order valence-electron chi connectivity index (χ2n) is 14.1. The molecule has 1 aliphatic carbocycles. The number of carbonyl (C=O) groups is 3. The summed E-state index contributed by atoms with van der Waals surface area (Å²) in [6.07, 6.45) is 4.88. The summed E-state index contributed by atoms with van der Waals surface area (Å²) in [6.45, 7) is 8.00. The van der Waals surface area contributed by atoms with Crippen LogP contribution >= 0.6 is 11.6 Å². The molecule has 0 spiro atoms. The van der Waals surface area contributed by atoms with Gasteiger partial charge in [-0.3, -0.25) is 19.7 Å². The first-order chi connectivity index (χ1) is 24.6. The maximum absolute atomic E-state index is 13.3. The first kappa shape index (κ1) is 34.3. The molecule has 1 atom stereocenters. The summed E-state index contributed by atoms with van der Waals surface area (Å²) in [5.74, 6) is 0.878. The molecule has 262 valence electrons. The van der Waals surface area contributed by atoms with Crippen LogP contribution < -0.4 is 15.5 Å². The van der Waals surface area contributed by atoms with Gasteiger partial charge in [0.25, 0.3) is 5.91 Å². The standard InChI is InChI=1S/C40H41ClN6O4/c1-23-4-9-28(38-24(2)45-51-25(38)3)16-36(23)46(32-13-11-29(19-42)34(41)18-32)21-27-7-5-26(6-8-27)20-43-31-12-10-30-22-47(40(50)33(30)17-31)35-14-15-37(48)44-39(35)49/h4,9-13,16-18,26-27,35,43H,5-8,14-15,20-22H2,1-3H3,(H,44,48,49)/t26-,27-,35?. The van der Waals surface area contributed by atoms with Crippen LogP contribution in [-0.4, -0.2) is 46.9 Å². The van der Waals surface area contributed by atoms with Gasteiger partial charge in [0.15, 0.2) is 0 Å².